The number of aromatic nitrogens is 1. The molecule has 1 aliphatic rings. The van der Waals surface area contributed by atoms with Gasteiger partial charge in [0.2, 0.25) is 0 Å². The van der Waals surface area contributed by atoms with Crippen LogP contribution in [-0.2, 0) is 16.6 Å². The molecule has 0 radical (unpaired) electrons. The molecule has 1 saturated heterocycles. The van der Waals surface area contributed by atoms with Crippen molar-refractivity contribution < 1.29 is 4.79 Å². The summed E-state index contributed by atoms with van der Waals surface area (Å²) in [5, 5.41) is 6.41. The Morgan fingerprint density at radius 2 is 2.33 bits per heavy atom. The second-order valence-corrected chi connectivity index (χ2v) is 7.03. The maximum atomic E-state index is 12.0. The van der Waals surface area contributed by atoms with Crippen LogP contribution in [-0.4, -0.2) is 23.4 Å². The molecular formula is C14H22N2OS. The Hall–Kier alpha value is -0.740. The molecule has 2 rings (SSSR count). The van der Waals surface area contributed by atoms with E-state index in [-0.39, 0.29) is 5.41 Å². The van der Waals surface area contributed by atoms with Gasteiger partial charge in [-0.1, -0.05) is 20.8 Å². The van der Waals surface area contributed by atoms with Gasteiger partial charge in [0.05, 0.1) is 12.1 Å². The molecule has 0 bridgehead atoms. The van der Waals surface area contributed by atoms with E-state index in [0.717, 1.165) is 23.7 Å². The van der Waals surface area contributed by atoms with Crippen LogP contribution in [0.15, 0.2) is 5.38 Å². The van der Waals surface area contributed by atoms with E-state index in [0.29, 0.717) is 24.7 Å². The molecule has 1 aliphatic heterocycles. The standard InChI is InChI=1S/C14H22N2OS/c1-14(2,3)12-9-18-13(16-12)8-11(17)7-10-5-4-6-15-10/h9-10,15H,4-8H2,1-3H3. The quantitative estimate of drug-likeness (QED) is 0.911. The minimum absolute atomic E-state index is 0.0742. The van der Waals surface area contributed by atoms with Crippen LogP contribution in [0.1, 0.15) is 50.7 Å². The minimum Gasteiger partial charge on any atom is -0.314 e. The third-order valence-electron chi connectivity index (χ3n) is 3.31. The lowest BCUT2D eigenvalue weighted by atomic mass is 9.93. The predicted octanol–water partition coefficient (Wildman–Crippen LogP) is 2.69. The van der Waals surface area contributed by atoms with Crippen molar-refractivity contribution in [2.24, 2.45) is 0 Å². The van der Waals surface area contributed by atoms with E-state index < -0.39 is 0 Å². The molecule has 1 atom stereocenters. The lowest BCUT2D eigenvalue weighted by Crippen LogP contribution is -2.25. The molecule has 1 aromatic heterocycles. The van der Waals surface area contributed by atoms with Gasteiger partial charge < -0.3 is 5.32 Å². The van der Waals surface area contributed by atoms with E-state index in [4.69, 9.17) is 0 Å². The van der Waals surface area contributed by atoms with Crippen LogP contribution in [0.2, 0.25) is 0 Å². The Kier molecular flexibility index (Phi) is 4.17. The average Bonchev–Trinajstić information content (AvgIpc) is 2.87. The van der Waals surface area contributed by atoms with Gasteiger partial charge in [0.1, 0.15) is 10.8 Å². The molecule has 0 spiro atoms. The number of carbonyl (C=O) groups is 1. The molecule has 0 aromatic carbocycles. The van der Waals surface area contributed by atoms with Gasteiger partial charge in [-0.2, -0.15) is 0 Å². The maximum absolute atomic E-state index is 12.0. The molecular weight excluding hydrogens is 244 g/mol. The molecule has 1 N–H and O–H groups in total. The number of ketones is 1. The van der Waals surface area contributed by atoms with Crippen LogP contribution in [0, 0.1) is 0 Å². The maximum Gasteiger partial charge on any atom is 0.141 e. The van der Waals surface area contributed by atoms with Crippen molar-refractivity contribution in [2.75, 3.05) is 6.54 Å². The normalized spacial score (nSPS) is 20.3. The summed E-state index contributed by atoms with van der Waals surface area (Å²) in [4.78, 5) is 16.5. The van der Waals surface area contributed by atoms with Crippen LogP contribution in [0.5, 0.6) is 0 Å². The Morgan fingerprint density at radius 3 is 2.89 bits per heavy atom. The van der Waals surface area contributed by atoms with Gasteiger partial charge in [0.25, 0.3) is 0 Å². The number of nitrogens with zero attached hydrogens (tertiary/aromatic N) is 1. The van der Waals surface area contributed by atoms with Crippen molar-refractivity contribution in [2.45, 2.75) is 57.9 Å². The summed E-state index contributed by atoms with van der Waals surface area (Å²) in [6.45, 7) is 7.51. The third-order valence-corrected chi connectivity index (χ3v) is 4.15. The van der Waals surface area contributed by atoms with Crippen molar-refractivity contribution in [3.63, 3.8) is 0 Å². The van der Waals surface area contributed by atoms with Gasteiger partial charge in [-0.15, -0.1) is 11.3 Å². The highest BCUT2D eigenvalue weighted by Crippen LogP contribution is 2.24. The summed E-state index contributed by atoms with van der Waals surface area (Å²) in [7, 11) is 0. The first kappa shape index (κ1) is 13.7. The van der Waals surface area contributed by atoms with Gasteiger partial charge in [-0.25, -0.2) is 4.98 Å². The fourth-order valence-corrected chi connectivity index (χ4v) is 3.23. The Morgan fingerprint density at radius 1 is 1.56 bits per heavy atom. The van der Waals surface area contributed by atoms with Crippen LogP contribution >= 0.6 is 11.3 Å². The monoisotopic (exact) mass is 266 g/mol. The lowest BCUT2D eigenvalue weighted by Gasteiger charge is -2.14. The number of carbonyl (C=O) groups excluding carboxylic acids is 1. The molecule has 18 heavy (non-hydrogen) atoms. The van der Waals surface area contributed by atoms with Crippen molar-refractivity contribution in [1.29, 1.82) is 0 Å². The predicted molar refractivity (Wildman–Crippen MR) is 75.2 cm³/mol. The first-order chi connectivity index (χ1) is 8.45. The van der Waals surface area contributed by atoms with Crippen LogP contribution in [0.25, 0.3) is 0 Å². The van der Waals surface area contributed by atoms with E-state index in [1.165, 1.54) is 6.42 Å². The fraction of sp³-hybridized carbons (Fsp3) is 0.714. The first-order valence-electron chi connectivity index (χ1n) is 6.65. The highest BCUT2D eigenvalue weighted by molar-refractivity contribution is 7.09. The second kappa shape index (κ2) is 5.49. The van der Waals surface area contributed by atoms with Crippen LogP contribution < -0.4 is 5.32 Å². The summed E-state index contributed by atoms with van der Waals surface area (Å²) in [5.74, 6) is 0.309. The van der Waals surface area contributed by atoms with E-state index in [1.807, 2.05) is 0 Å². The highest BCUT2D eigenvalue weighted by atomic mass is 32.1. The average molecular weight is 266 g/mol. The Labute approximate surface area is 113 Å². The molecule has 100 valence electrons. The minimum atomic E-state index is 0.0742. The van der Waals surface area contributed by atoms with Gasteiger partial charge in [-0.3, -0.25) is 4.79 Å². The molecule has 0 amide bonds. The smallest absolute Gasteiger partial charge is 0.141 e. The zero-order chi connectivity index (χ0) is 13.2. The molecule has 4 heteroatoms. The summed E-state index contributed by atoms with van der Waals surface area (Å²) in [5.41, 5.74) is 1.17. The van der Waals surface area contributed by atoms with Gasteiger partial charge in [-0.05, 0) is 19.4 Å². The summed E-state index contributed by atoms with van der Waals surface area (Å²) >= 11 is 1.61. The molecule has 0 saturated carbocycles. The molecule has 0 aliphatic carbocycles. The highest BCUT2D eigenvalue weighted by Gasteiger charge is 2.20. The van der Waals surface area contributed by atoms with E-state index in [2.05, 4.69) is 36.5 Å². The largest absolute Gasteiger partial charge is 0.314 e. The van der Waals surface area contributed by atoms with Gasteiger partial charge in [0.15, 0.2) is 0 Å². The molecule has 1 unspecified atom stereocenters. The zero-order valence-electron chi connectivity index (χ0n) is 11.5. The summed E-state index contributed by atoms with van der Waals surface area (Å²) < 4.78 is 0. The third kappa shape index (κ3) is 3.62. The number of nitrogens with one attached hydrogen (secondary N) is 1. The number of Topliss-reactive ketones (excluding diaryl/α,β-unsaturated/α-hetero) is 1. The molecule has 2 heterocycles. The van der Waals surface area contributed by atoms with Gasteiger partial charge >= 0.3 is 0 Å². The van der Waals surface area contributed by atoms with Crippen molar-refractivity contribution in [1.82, 2.24) is 10.3 Å². The number of hydrogen-bond acceptors (Lipinski definition) is 4. The first-order valence-corrected chi connectivity index (χ1v) is 7.53. The zero-order valence-corrected chi connectivity index (χ0v) is 12.3. The van der Waals surface area contributed by atoms with Crippen molar-refractivity contribution >= 4 is 17.1 Å². The Balaban J connectivity index is 1.88. The fourth-order valence-electron chi connectivity index (χ4n) is 2.18. The van der Waals surface area contributed by atoms with E-state index in [9.17, 15) is 4.79 Å². The summed E-state index contributed by atoms with van der Waals surface area (Å²) in [6.07, 6.45) is 3.49. The molecule has 1 fully saturated rings. The summed E-state index contributed by atoms with van der Waals surface area (Å²) in [6, 6.07) is 0.402. The van der Waals surface area contributed by atoms with Gasteiger partial charge in [0, 0.05) is 23.3 Å². The lowest BCUT2D eigenvalue weighted by molar-refractivity contribution is -0.118. The molecule has 3 nitrogen and oxygen atoms in total. The Bertz CT molecular complexity index is 414. The van der Waals surface area contributed by atoms with Crippen molar-refractivity contribution in [3.05, 3.63) is 16.1 Å². The van der Waals surface area contributed by atoms with Crippen LogP contribution in [0.4, 0.5) is 0 Å². The number of hydrogen-bond donors (Lipinski definition) is 1. The van der Waals surface area contributed by atoms with E-state index in [1.54, 1.807) is 11.3 Å². The van der Waals surface area contributed by atoms with E-state index >= 15 is 0 Å². The van der Waals surface area contributed by atoms with Crippen LogP contribution in [0.3, 0.4) is 0 Å². The second-order valence-electron chi connectivity index (χ2n) is 6.09. The number of rotatable bonds is 4. The topological polar surface area (TPSA) is 42.0 Å². The van der Waals surface area contributed by atoms with Crippen molar-refractivity contribution in [3.8, 4) is 0 Å². The SMILES string of the molecule is CC(C)(C)c1csc(CC(=O)CC2CCCN2)n1. The number of thiazole rings is 1. The molecule has 1 aromatic rings.